The highest BCUT2D eigenvalue weighted by molar-refractivity contribution is 5.57. The molecule has 0 unspecified atom stereocenters. The van der Waals surface area contributed by atoms with Crippen LogP contribution in [0.4, 0.5) is 11.6 Å². The number of rotatable bonds is 2. The molecule has 1 aromatic rings. The molecular weight excluding hydrogens is 236 g/mol. The zero-order valence-electron chi connectivity index (χ0n) is 12.8. The lowest BCUT2D eigenvalue weighted by molar-refractivity contribution is 0.542. The summed E-state index contributed by atoms with van der Waals surface area (Å²) in [6.07, 6.45) is 5.15. The van der Waals surface area contributed by atoms with E-state index >= 15 is 0 Å². The molecule has 0 atom stereocenters. The first-order valence-electron chi connectivity index (χ1n) is 7.18. The Bertz CT molecular complexity index is 456. The van der Waals surface area contributed by atoms with Gasteiger partial charge in [-0.1, -0.05) is 33.6 Å². The molecule has 1 aliphatic carbocycles. The van der Waals surface area contributed by atoms with Crippen molar-refractivity contribution in [2.75, 3.05) is 17.7 Å². The molecule has 4 nitrogen and oxygen atoms in total. The first-order chi connectivity index (χ1) is 8.80. The molecule has 1 heterocycles. The Hall–Kier alpha value is -1.32. The quantitative estimate of drug-likeness (QED) is 0.890. The number of aromatic nitrogens is 2. The summed E-state index contributed by atoms with van der Waals surface area (Å²) in [5.74, 6) is 2.44. The van der Waals surface area contributed by atoms with Gasteiger partial charge < -0.3 is 10.6 Å². The highest BCUT2D eigenvalue weighted by Gasteiger charge is 2.25. The van der Waals surface area contributed by atoms with Crippen LogP contribution in [0.2, 0.25) is 0 Å². The van der Waals surface area contributed by atoms with Gasteiger partial charge in [0.25, 0.3) is 0 Å². The van der Waals surface area contributed by atoms with E-state index in [0.29, 0.717) is 11.9 Å². The second kappa shape index (κ2) is 4.99. The molecule has 0 amide bonds. The summed E-state index contributed by atoms with van der Waals surface area (Å²) in [7, 11) is 2.14. The average Bonchev–Trinajstić information content (AvgIpc) is 2.83. The van der Waals surface area contributed by atoms with Crippen molar-refractivity contribution in [3.05, 3.63) is 11.4 Å². The van der Waals surface area contributed by atoms with E-state index in [0.717, 1.165) is 17.2 Å². The third-order valence-electron chi connectivity index (χ3n) is 4.04. The Morgan fingerprint density at radius 1 is 1.16 bits per heavy atom. The van der Waals surface area contributed by atoms with Crippen LogP contribution in [0, 0.1) is 6.92 Å². The molecule has 2 rings (SSSR count). The maximum Gasteiger partial charge on any atom is 0.138 e. The molecule has 0 aliphatic heterocycles. The number of nitrogens with two attached hydrogens (primary N) is 1. The predicted octanol–water partition coefficient (Wildman–Crippen LogP) is 3.04. The predicted molar refractivity (Wildman–Crippen MR) is 80.5 cm³/mol. The largest absolute Gasteiger partial charge is 0.383 e. The molecule has 0 radical (unpaired) electrons. The molecule has 2 N–H and O–H groups in total. The van der Waals surface area contributed by atoms with Crippen LogP contribution in [0.5, 0.6) is 0 Å². The minimum atomic E-state index is -0.0763. The van der Waals surface area contributed by atoms with Crippen molar-refractivity contribution >= 4 is 11.6 Å². The minimum Gasteiger partial charge on any atom is -0.383 e. The number of hydrogen-bond donors (Lipinski definition) is 1. The van der Waals surface area contributed by atoms with Crippen molar-refractivity contribution in [1.29, 1.82) is 0 Å². The van der Waals surface area contributed by atoms with Crippen molar-refractivity contribution in [3.63, 3.8) is 0 Å². The van der Waals surface area contributed by atoms with Gasteiger partial charge in [-0.3, -0.25) is 0 Å². The summed E-state index contributed by atoms with van der Waals surface area (Å²) in [5, 5.41) is 0. The number of nitrogens with zero attached hydrogens (tertiary/aromatic N) is 3. The maximum absolute atomic E-state index is 6.08. The van der Waals surface area contributed by atoms with Crippen molar-refractivity contribution in [3.8, 4) is 0 Å². The summed E-state index contributed by atoms with van der Waals surface area (Å²) in [4.78, 5) is 11.5. The summed E-state index contributed by atoms with van der Waals surface area (Å²) in [6, 6.07) is 0.598. The van der Waals surface area contributed by atoms with E-state index in [1.165, 1.54) is 25.7 Å². The second-order valence-electron chi connectivity index (χ2n) is 6.68. The first kappa shape index (κ1) is 14.1. The van der Waals surface area contributed by atoms with Gasteiger partial charge in [-0.2, -0.15) is 0 Å². The second-order valence-corrected chi connectivity index (χ2v) is 6.68. The molecule has 0 bridgehead atoms. The highest BCUT2D eigenvalue weighted by Crippen LogP contribution is 2.31. The smallest absolute Gasteiger partial charge is 0.138 e. The van der Waals surface area contributed by atoms with Crippen molar-refractivity contribution in [2.24, 2.45) is 0 Å². The lowest BCUT2D eigenvalue weighted by atomic mass is 9.95. The van der Waals surface area contributed by atoms with Crippen LogP contribution in [0.25, 0.3) is 0 Å². The minimum absolute atomic E-state index is 0.0763. The fourth-order valence-corrected chi connectivity index (χ4v) is 2.66. The van der Waals surface area contributed by atoms with Crippen LogP contribution in [-0.4, -0.2) is 23.1 Å². The highest BCUT2D eigenvalue weighted by atomic mass is 15.2. The molecule has 1 aliphatic rings. The Labute approximate surface area is 116 Å². The maximum atomic E-state index is 6.08. The summed E-state index contributed by atoms with van der Waals surface area (Å²) in [6.45, 7) is 8.38. The van der Waals surface area contributed by atoms with Gasteiger partial charge in [0.15, 0.2) is 0 Å². The van der Waals surface area contributed by atoms with Gasteiger partial charge in [-0.15, -0.1) is 0 Å². The SMILES string of the molecule is Cc1c(N)nc(C(C)(C)C)nc1N(C)C1CCCC1. The lowest BCUT2D eigenvalue weighted by Gasteiger charge is -2.29. The molecular formula is C15H26N4. The van der Waals surface area contributed by atoms with Gasteiger partial charge in [0, 0.05) is 24.1 Å². The number of anilines is 2. The molecule has 0 saturated heterocycles. The van der Waals surface area contributed by atoms with Crippen LogP contribution in [0.15, 0.2) is 0 Å². The molecule has 19 heavy (non-hydrogen) atoms. The van der Waals surface area contributed by atoms with Gasteiger partial charge in [-0.25, -0.2) is 9.97 Å². The fourth-order valence-electron chi connectivity index (χ4n) is 2.66. The van der Waals surface area contributed by atoms with Gasteiger partial charge >= 0.3 is 0 Å². The third kappa shape index (κ3) is 2.82. The van der Waals surface area contributed by atoms with Crippen LogP contribution in [0.1, 0.15) is 57.8 Å². The Morgan fingerprint density at radius 2 is 1.74 bits per heavy atom. The fraction of sp³-hybridized carbons (Fsp3) is 0.733. The topological polar surface area (TPSA) is 55.0 Å². The third-order valence-corrected chi connectivity index (χ3v) is 4.04. The number of nitrogen functional groups attached to an aromatic ring is 1. The van der Waals surface area contributed by atoms with E-state index in [4.69, 9.17) is 10.7 Å². The zero-order valence-corrected chi connectivity index (χ0v) is 12.8. The molecule has 1 fully saturated rings. The standard InChI is InChI=1S/C15H26N4/c1-10-12(16)17-14(15(2,3)4)18-13(10)19(5)11-8-6-7-9-11/h11H,6-9H2,1-5H3,(H2,16,17,18). The average molecular weight is 262 g/mol. The molecule has 0 aromatic carbocycles. The van der Waals surface area contributed by atoms with E-state index in [1.54, 1.807) is 0 Å². The van der Waals surface area contributed by atoms with Gasteiger partial charge in [0.1, 0.15) is 17.5 Å². The summed E-state index contributed by atoms with van der Waals surface area (Å²) >= 11 is 0. The van der Waals surface area contributed by atoms with Crippen LogP contribution < -0.4 is 10.6 Å². The summed E-state index contributed by atoms with van der Waals surface area (Å²) < 4.78 is 0. The Morgan fingerprint density at radius 3 is 2.26 bits per heavy atom. The monoisotopic (exact) mass is 262 g/mol. The van der Waals surface area contributed by atoms with E-state index < -0.39 is 0 Å². The first-order valence-corrected chi connectivity index (χ1v) is 7.18. The van der Waals surface area contributed by atoms with E-state index in [-0.39, 0.29) is 5.41 Å². The van der Waals surface area contributed by atoms with Crippen LogP contribution in [-0.2, 0) is 5.41 Å². The molecule has 0 spiro atoms. The molecule has 4 heteroatoms. The van der Waals surface area contributed by atoms with Gasteiger partial charge in [0.2, 0.25) is 0 Å². The van der Waals surface area contributed by atoms with Crippen molar-refractivity contribution < 1.29 is 0 Å². The zero-order chi connectivity index (χ0) is 14.2. The van der Waals surface area contributed by atoms with Gasteiger partial charge in [0.05, 0.1) is 0 Å². The number of hydrogen-bond acceptors (Lipinski definition) is 4. The van der Waals surface area contributed by atoms with E-state index in [9.17, 15) is 0 Å². The van der Waals surface area contributed by atoms with Crippen LogP contribution in [0.3, 0.4) is 0 Å². The van der Waals surface area contributed by atoms with E-state index in [1.807, 2.05) is 6.92 Å². The Balaban J connectivity index is 2.40. The molecule has 106 valence electrons. The van der Waals surface area contributed by atoms with Crippen molar-refractivity contribution in [2.45, 2.75) is 64.8 Å². The molecule has 1 aromatic heterocycles. The van der Waals surface area contributed by atoms with Gasteiger partial charge in [-0.05, 0) is 19.8 Å². The van der Waals surface area contributed by atoms with Crippen LogP contribution >= 0.6 is 0 Å². The normalized spacial score (nSPS) is 16.9. The van der Waals surface area contributed by atoms with E-state index in [2.05, 4.69) is 37.7 Å². The Kier molecular flexibility index (Phi) is 3.70. The van der Waals surface area contributed by atoms with Crippen molar-refractivity contribution in [1.82, 2.24) is 9.97 Å². The molecule has 1 saturated carbocycles. The lowest BCUT2D eigenvalue weighted by Crippen LogP contribution is -2.32. The summed E-state index contributed by atoms with van der Waals surface area (Å²) in [5.41, 5.74) is 7.00.